The number of nitrogens with zero attached hydrogens (tertiary/aromatic N) is 1. The van der Waals surface area contributed by atoms with Crippen LogP contribution in [0, 0.1) is 23.7 Å². The van der Waals surface area contributed by atoms with E-state index >= 15 is 0 Å². The van der Waals surface area contributed by atoms with Crippen LogP contribution in [-0.2, 0) is 21.9 Å². The molecule has 0 aromatic heterocycles. The fourth-order valence-corrected chi connectivity index (χ4v) is 8.97. The summed E-state index contributed by atoms with van der Waals surface area (Å²) >= 11 is 6.39. The van der Waals surface area contributed by atoms with Gasteiger partial charge in [0, 0.05) is 29.1 Å². The van der Waals surface area contributed by atoms with E-state index in [2.05, 4.69) is 40.8 Å². The molecule has 8 heteroatoms. The molecule has 1 fully saturated rings. The Morgan fingerprint density at radius 2 is 1.98 bits per heavy atom. The van der Waals surface area contributed by atoms with Crippen molar-refractivity contribution in [2.24, 2.45) is 23.7 Å². The summed E-state index contributed by atoms with van der Waals surface area (Å²) in [4.78, 5) is 15.6. The fourth-order valence-electron chi connectivity index (χ4n) is 7.40. The Morgan fingerprint density at radius 3 is 2.77 bits per heavy atom. The minimum Gasteiger partial charge on any atom is -0.490 e. The largest absolute Gasteiger partial charge is 0.490 e. The van der Waals surface area contributed by atoms with Crippen LogP contribution < -0.4 is 14.4 Å². The highest BCUT2D eigenvalue weighted by atomic mass is 35.5. The van der Waals surface area contributed by atoms with E-state index in [1.54, 1.807) is 6.07 Å². The van der Waals surface area contributed by atoms with Crippen molar-refractivity contribution in [2.45, 2.75) is 57.8 Å². The van der Waals surface area contributed by atoms with Crippen LogP contribution in [0.2, 0.25) is 5.02 Å². The average Bonchev–Trinajstić information content (AvgIpc) is 3.02. The van der Waals surface area contributed by atoms with Crippen molar-refractivity contribution < 1.29 is 17.9 Å². The summed E-state index contributed by atoms with van der Waals surface area (Å²) in [5.74, 6) is 1.53. The molecule has 1 amide bonds. The van der Waals surface area contributed by atoms with E-state index in [0.29, 0.717) is 36.3 Å². The number of amides is 1. The summed E-state index contributed by atoms with van der Waals surface area (Å²) in [7, 11) is -3.77. The summed E-state index contributed by atoms with van der Waals surface area (Å²) in [5.41, 5.74) is 3.62. The normalized spacial score (nSPS) is 32.5. The molecule has 0 radical (unpaired) electrons. The molecule has 2 heterocycles. The minimum absolute atomic E-state index is 0.0841. The molecule has 0 saturated heterocycles. The van der Waals surface area contributed by atoms with Crippen LogP contribution in [0.4, 0.5) is 5.69 Å². The number of sulfonamides is 1. The molecule has 4 aliphatic rings. The van der Waals surface area contributed by atoms with E-state index in [1.165, 1.54) is 24.0 Å². The molecule has 2 bridgehead atoms. The molecule has 6 nitrogen and oxygen atoms in total. The van der Waals surface area contributed by atoms with E-state index < -0.39 is 15.9 Å². The van der Waals surface area contributed by atoms with Gasteiger partial charge in [-0.05, 0) is 104 Å². The number of carbonyl (C=O) groups excluding carboxylic acids is 1. The van der Waals surface area contributed by atoms with Gasteiger partial charge in [-0.25, -0.2) is 13.1 Å². The van der Waals surface area contributed by atoms with Crippen molar-refractivity contribution in [1.29, 1.82) is 0 Å². The van der Waals surface area contributed by atoms with Crippen LogP contribution in [0.1, 0.15) is 67.4 Å². The number of aryl methyl sites for hydroxylation is 1. The predicted octanol–water partition coefficient (Wildman–Crippen LogP) is 6.13. The van der Waals surface area contributed by atoms with Crippen LogP contribution >= 0.6 is 11.6 Å². The van der Waals surface area contributed by atoms with Crippen molar-refractivity contribution in [1.82, 2.24) is 4.72 Å². The quantitative estimate of drug-likeness (QED) is 0.378. The first-order valence-electron chi connectivity index (χ1n) is 14.6. The first-order valence-corrected chi connectivity index (χ1v) is 16.7. The summed E-state index contributed by atoms with van der Waals surface area (Å²) in [6.07, 6.45) is 10.6. The maximum Gasteiger partial charge on any atom is 0.264 e. The number of halogens is 1. The maximum absolute atomic E-state index is 13.2. The number of rotatable bonds is 0. The van der Waals surface area contributed by atoms with Crippen LogP contribution in [0.25, 0.3) is 0 Å². The molecule has 2 aromatic rings. The Bertz CT molecular complexity index is 1440. The number of hydrogen-bond donors (Lipinski definition) is 1. The Balaban J connectivity index is 1.42. The SMILES string of the molecule is C[C@@H]1C/C=C/[C@H](C)[C@@H]2CC[C@H]2CN2C[C@@]3(CCCc4cc(Cl)ccc43)COc3ccc(cc32)C(=O)NS(=O)(=O)C1. The molecule has 1 N–H and O–H groups in total. The predicted molar refractivity (Wildman–Crippen MR) is 160 cm³/mol. The second-order valence-corrected chi connectivity index (χ2v) is 14.8. The summed E-state index contributed by atoms with van der Waals surface area (Å²) in [5, 5.41) is 0.762. The Morgan fingerprint density at radius 1 is 1.12 bits per heavy atom. The number of anilines is 1. The lowest BCUT2D eigenvalue weighted by Crippen LogP contribution is -2.49. The van der Waals surface area contributed by atoms with Gasteiger partial charge < -0.3 is 9.64 Å². The van der Waals surface area contributed by atoms with Crippen molar-refractivity contribution in [3.05, 3.63) is 70.3 Å². The molecular weight excluding hydrogens is 544 g/mol. The molecule has 6 rings (SSSR count). The average molecular weight is 583 g/mol. The van der Waals surface area contributed by atoms with Crippen molar-refractivity contribution >= 4 is 33.2 Å². The van der Waals surface area contributed by atoms with E-state index in [0.717, 1.165) is 48.8 Å². The van der Waals surface area contributed by atoms with Gasteiger partial charge in [-0.1, -0.05) is 43.7 Å². The zero-order valence-corrected chi connectivity index (χ0v) is 24.9. The smallest absolute Gasteiger partial charge is 0.264 e. The van der Waals surface area contributed by atoms with E-state index in [-0.39, 0.29) is 17.1 Å². The number of ether oxygens (including phenoxy) is 1. The molecular formula is C32H39ClN2O4S. The van der Waals surface area contributed by atoms with Crippen LogP contribution in [0.3, 0.4) is 0 Å². The molecule has 1 saturated carbocycles. The van der Waals surface area contributed by atoms with Gasteiger partial charge in [0.1, 0.15) is 5.75 Å². The number of fused-ring (bicyclic) bond motifs is 4. The third-order valence-electron chi connectivity index (χ3n) is 9.64. The summed E-state index contributed by atoms with van der Waals surface area (Å²) < 4.78 is 34.5. The van der Waals surface area contributed by atoms with Crippen LogP contribution in [0.5, 0.6) is 5.75 Å². The third-order valence-corrected chi connectivity index (χ3v) is 11.4. The Hall–Kier alpha value is -2.51. The van der Waals surface area contributed by atoms with Gasteiger partial charge in [-0.2, -0.15) is 0 Å². The molecule has 1 spiro atoms. The highest BCUT2D eigenvalue weighted by molar-refractivity contribution is 7.90. The lowest BCUT2D eigenvalue weighted by Gasteiger charge is -2.46. The third kappa shape index (κ3) is 5.39. The second-order valence-electron chi connectivity index (χ2n) is 12.6. The van der Waals surface area contributed by atoms with E-state index in [1.807, 2.05) is 25.1 Å². The lowest BCUT2D eigenvalue weighted by atomic mass is 9.66. The molecule has 214 valence electrons. The first kappa shape index (κ1) is 27.6. The monoisotopic (exact) mass is 582 g/mol. The van der Waals surface area contributed by atoms with Gasteiger partial charge in [-0.3, -0.25) is 4.79 Å². The van der Waals surface area contributed by atoms with Crippen molar-refractivity contribution in [3.63, 3.8) is 0 Å². The van der Waals surface area contributed by atoms with Gasteiger partial charge in [-0.15, -0.1) is 0 Å². The van der Waals surface area contributed by atoms with Gasteiger partial charge in [0.05, 0.1) is 18.0 Å². The fraction of sp³-hybridized carbons (Fsp3) is 0.531. The zero-order valence-electron chi connectivity index (χ0n) is 23.4. The highest BCUT2D eigenvalue weighted by Crippen LogP contribution is 2.47. The topological polar surface area (TPSA) is 75.7 Å². The first-order chi connectivity index (χ1) is 19.1. The van der Waals surface area contributed by atoms with Gasteiger partial charge in [0.25, 0.3) is 5.91 Å². The standard InChI is InChI=1S/C32H39ClN2O4S/c1-21-5-3-6-22(2)27-11-8-25(27)17-35-19-32(14-4-7-23-15-26(33)10-12-28(23)32)20-39-30-13-9-24(16-29(30)35)31(36)34-40(37,38)18-21/h3,6,9-10,12-13,15-16,21-22,25,27H,4-5,7-8,11,14,17-20H2,1-2H3,(H,34,36)/b6-3+/t21-,22+,25+,27+,32+/m1/s1. The lowest BCUT2D eigenvalue weighted by molar-refractivity contribution is 0.0981. The van der Waals surface area contributed by atoms with Gasteiger partial charge in [0.15, 0.2) is 0 Å². The molecule has 40 heavy (non-hydrogen) atoms. The van der Waals surface area contributed by atoms with E-state index in [9.17, 15) is 13.2 Å². The molecule has 0 unspecified atom stereocenters. The Kier molecular flexibility index (Phi) is 7.41. The maximum atomic E-state index is 13.2. The summed E-state index contributed by atoms with van der Waals surface area (Å²) in [6, 6.07) is 11.6. The minimum atomic E-state index is -3.77. The number of hydrogen-bond acceptors (Lipinski definition) is 5. The molecule has 2 aliphatic heterocycles. The number of carbonyl (C=O) groups is 1. The van der Waals surface area contributed by atoms with E-state index in [4.69, 9.17) is 16.3 Å². The number of benzene rings is 2. The molecule has 2 aromatic carbocycles. The Labute approximate surface area is 243 Å². The van der Waals surface area contributed by atoms with Crippen LogP contribution in [-0.4, -0.2) is 39.8 Å². The molecule has 2 aliphatic carbocycles. The van der Waals surface area contributed by atoms with Crippen molar-refractivity contribution in [2.75, 3.05) is 30.3 Å². The number of nitrogens with one attached hydrogen (secondary N) is 1. The summed E-state index contributed by atoms with van der Waals surface area (Å²) in [6.45, 7) is 6.42. The second kappa shape index (κ2) is 10.7. The zero-order chi connectivity index (χ0) is 28.1. The number of allylic oxidation sites excluding steroid dienone is 2. The molecule has 5 atom stereocenters. The van der Waals surface area contributed by atoms with Gasteiger partial charge in [0.2, 0.25) is 10.0 Å². The van der Waals surface area contributed by atoms with Crippen molar-refractivity contribution in [3.8, 4) is 5.75 Å². The highest BCUT2D eigenvalue weighted by Gasteiger charge is 2.44. The van der Waals surface area contributed by atoms with Crippen LogP contribution in [0.15, 0.2) is 48.6 Å². The van der Waals surface area contributed by atoms with Gasteiger partial charge >= 0.3 is 0 Å².